The van der Waals surface area contributed by atoms with Gasteiger partial charge >= 0.3 is 0 Å². The molecule has 0 aliphatic rings. The summed E-state index contributed by atoms with van der Waals surface area (Å²) in [6, 6.07) is 2.94. The van der Waals surface area contributed by atoms with Crippen LogP contribution in [0.2, 0.25) is 10.0 Å². The van der Waals surface area contributed by atoms with E-state index in [9.17, 15) is 8.42 Å². The Labute approximate surface area is 130 Å². The summed E-state index contributed by atoms with van der Waals surface area (Å²) in [7, 11) is -1.91. The molecule has 0 fully saturated rings. The largest absolute Gasteiger partial charge is 0.316 e. The van der Waals surface area contributed by atoms with E-state index in [1.54, 1.807) is 13.1 Å². The van der Waals surface area contributed by atoms with Crippen molar-refractivity contribution in [2.75, 3.05) is 7.05 Å². The van der Waals surface area contributed by atoms with E-state index in [0.717, 1.165) is 12.8 Å². The second-order valence-electron chi connectivity index (χ2n) is 4.54. The third kappa shape index (κ3) is 4.33. The number of nitrogens with one attached hydrogen (secondary N) is 2. The van der Waals surface area contributed by atoms with E-state index in [4.69, 9.17) is 23.2 Å². The minimum Gasteiger partial charge on any atom is -0.316 e. The van der Waals surface area contributed by atoms with Crippen molar-refractivity contribution in [1.82, 2.24) is 10.0 Å². The SMILES string of the molecule is CCC(CC)NS(=O)(=O)c1cc(Cl)cc(CNC)c1Cl. The zero-order chi connectivity index (χ0) is 15.3. The van der Waals surface area contributed by atoms with Gasteiger partial charge in [-0.1, -0.05) is 37.0 Å². The van der Waals surface area contributed by atoms with E-state index >= 15 is 0 Å². The summed E-state index contributed by atoms with van der Waals surface area (Å²) < 4.78 is 27.5. The first-order valence-corrected chi connectivity index (χ1v) is 8.74. The zero-order valence-electron chi connectivity index (χ0n) is 11.8. The minimum atomic E-state index is -3.67. The molecule has 0 aliphatic heterocycles. The third-order valence-corrected chi connectivity index (χ3v) is 5.36. The Morgan fingerprint density at radius 2 is 1.80 bits per heavy atom. The number of hydrogen-bond donors (Lipinski definition) is 2. The maximum Gasteiger partial charge on any atom is 0.242 e. The molecule has 0 atom stereocenters. The molecule has 1 aromatic rings. The topological polar surface area (TPSA) is 58.2 Å². The molecule has 1 aromatic carbocycles. The summed E-state index contributed by atoms with van der Waals surface area (Å²) in [5, 5.41) is 3.50. The van der Waals surface area contributed by atoms with Gasteiger partial charge in [0.1, 0.15) is 4.90 Å². The van der Waals surface area contributed by atoms with Crippen molar-refractivity contribution in [1.29, 1.82) is 0 Å². The van der Waals surface area contributed by atoms with Gasteiger partial charge in [-0.25, -0.2) is 13.1 Å². The molecule has 0 aliphatic carbocycles. The Hall–Kier alpha value is -0.330. The van der Waals surface area contributed by atoms with Crippen LogP contribution in [0.25, 0.3) is 0 Å². The molecule has 0 unspecified atom stereocenters. The molecule has 0 saturated carbocycles. The van der Waals surface area contributed by atoms with Gasteiger partial charge in [0.05, 0.1) is 5.02 Å². The van der Waals surface area contributed by atoms with E-state index < -0.39 is 10.0 Å². The van der Waals surface area contributed by atoms with Crippen LogP contribution < -0.4 is 10.0 Å². The number of halogens is 2. The van der Waals surface area contributed by atoms with Crippen LogP contribution in [0.1, 0.15) is 32.3 Å². The summed E-state index contributed by atoms with van der Waals surface area (Å²) >= 11 is 12.2. The fraction of sp³-hybridized carbons (Fsp3) is 0.538. The molecule has 114 valence electrons. The van der Waals surface area contributed by atoms with Crippen molar-refractivity contribution in [3.63, 3.8) is 0 Å². The van der Waals surface area contributed by atoms with Gasteiger partial charge in [-0.05, 0) is 37.6 Å². The first-order valence-electron chi connectivity index (χ1n) is 6.50. The lowest BCUT2D eigenvalue weighted by Crippen LogP contribution is -2.34. The molecule has 4 nitrogen and oxygen atoms in total. The predicted octanol–water partition coefficient (Wildman–Crippen LogP) is 3.18. The van der Waals surface area contributed by atoms with E-state index in [2.05, 4.69) is 10.0 Å². The molecule has 0 spiro atoms. The Morgan fingerprint density at radius 3 is 2.30 bits per heavy atom. The standard InChI is InChI=1S/C13H20Cl2N2O2S/c1-4-11(5-2)17-20(18,19)12-7-10(14)6-9(8-16-3)13(12)15/h6-7,11,16-17H,4-5,8H2,1-3H3. The molecule has 2 N–H and O–H groups in total. The second kappa shape index (κ2) is 7.61. The lowest BCUT2D eigenvalue weighted by molar-refractivity contribution is 0.530. The third-order valence-electron chi connectivity index (χ3n) is 3.04. The van der Waals surface area contributed by atoms with Crippen molar-refractivity contribution >= 4 is 33.2 Å². The van der Waals surface area contributed by atoms with Crippen LogP contribution in [0.3, 0.4) is 0 Å². The van der Waals surface area contributed by atoms with Crippen LogP contribution in [-0.2, 0) is 16.6 Å². The van der Waals surface area contributed by atoms with Gasteiger partial charge in [-0.3, -0.25) is 0 Å². The van der Waals surface area contributed by atoms with Crippen LogP contribution in [0.4, 0.5) is 0 Å². The minimum absolute atomic E-state index is 0.0313. The Morgan fingerprint density at radius 1 is 1.20 bits per heavy atom. The number of benzene rings is 1. The Bertz CT molecular complexity index is 558. The monoisotopic (exact) mass is 338 g/mol. The molecule has 0 bridgehead atoms. The molecule has 7 heteroatoms. The second-order valence-corrected chi connectivity index (χ2v) is 7.04. The highest BCUT2D eigenvalue weighted by Gasteiger charge is 2.23. The highest BCUT2D eigenvalue weighted by Crippen LogP contribution is 2.29. The van der Waals surface area contributed by atoms with Crippen LogP contribution in [0.5, 0.6) is 0 Å². The quantitative estimate of drug-likeness (QED) is 0.802. The average molecular weight is 339 g/mol. The van der Waals surface area contributed by atoms with Gasteiger partial charge < -0.3 is 5.32 Å². The molecule has 20 heavy (non-hydrogen) atoms. The van der Waals surface area contributed by atoms with E-state index in [1.807, 2.05) is 13.8 Å². The number of rotatable bonds is 7. The molecular weight excluding hydrogens is 319 g/mol. The smallest absolute Gasteiger partial charge is 0.242 e. The molecule has 0 heterocycles. The van der Waals surface area contributed by atoms with E-state index in [1.165, 1.54) is 6.07 Å². The van der Waals surface area contributed by atoms with Crippen molar-refractivity contribution < 1.29 is 8.42 Å². The van der Waals surface area contributed by atoms with Gasteiger partial charge in [0.25, 0.3) is 0 Å². The summed E-state index contributed by atoms with van der Waals surface area (Å²) in [4.78, 5) is 0.0313. The maximum absolute atomic E-state index is 12.4. The van der Waals surface area contributed by atoms with Crippen molar-refractivity contribution in [2.45, 2.75) is 44.2 Å². The van der Waals surface area contributed by atoms with Gasteiger partial charge in [0, 0.05) is 17.6 Å². The molecule has 1 rings (SSSR count). The lowest BCUT2D eigenvalue weighted by Gasteiger charge is -2.17. The van der Waals surface area contributed by atoms with Crippen molar-refractivity contribution in [3.8, 4) is 0 Å². The van der Waals surface area contributed by atoms with Crippen LogP contribution in [0.15, 0.2) is 17.0 Å². The van der Waals surface area contributed by atoms with Gasteiger partial charge in [0.2, 0.25) is 10.0 Å². The van der Waals surface area contributed by atoms with E-state index in [-0.39, 0.29) is 16.0 Å². The normalized spacial score (nSPS) is 12.1. The summed E-state index contributed by atoms with van der Waals surface area (Å²) in [6.45, 7) is 4.32. The van der Waals surface area contributed by atoms with E-state index in [0.29, 0.717) is 17.1 Å². The highest BCUT2D eigenvalue weighted by atomic mass is 35.5. The number of sulfonamides is 1. The van der Waals surface area contributed by atoms with Crippen LogP contribution >= 0.6 is 23.2 Å². The molecular formula is C13H20Cl2N2O2S. The number of hydrogen-bond acceptors (Lipinski definition) is 3. The highest BCUT2D eigenvalue weighted by molar-refractivity contribution is 7.89. The summed E-state index contributed by atoms with van der Waals surface area (Å²) in [5.41, 5.74) is 0.659. The molecule has 0 amide bonds. The van der Waals surface area contributed by atoms with Crippen molar-refractivity contribution in [3.05, 3.63) is 27.7 Å². The first kappa shape index (κ1) is 17.7. The maximum atomic E-state index is 12.4. The Balaban J connectivity index is 3.24. The predicted molar refractivity (Wildman–Crippen MR) is 83.9 cm³/mol. The first-order chi connectivity index (χ1) is 9.35. The lowest BCUT2D eigenvalue weighted by atomic mass is 10.2. The van der Waals surface area contributed by atoms with Crippen molar-refractivity contribution in [2.24, 2.45) is 0 Å². The molecule has 0 radical (unpaired) electrons. The summed E-state index contributed by atoms with van der Waals surface area (Å²) in [5.74, 6) is 0. The van der Waals surface area contributed by atoms with Gasteiger partial charge in [-0.15, -0.1) is 0 Å². The van der Waals surface area contributed by atoms with Crippen LogP contribution in [0, 0.1) is 0 Å². The average Bonchev–Trinajstić information content (AvgIpc) is 2.40. The zero-order valence-corrected chi connectivity index (χ0v) is 14.2. The molecule has 0 saturated heterocycles. The fourth-order valence-electron chi connectivity index (χ4n) is 1.87. The van der Waals surface area contributed by atoms with Crippen LogP contribution in [-0.4, -0.2) is 21.5 Å². The Kier molecular flexibility index (Phi) is 6.75. The van der Waals surface area contributed by atoms with Gasteiger partial charge in [-0.2, -0.15) is 0 Å². The molecule has 0 aromatic heterocycles. The van der Waals surface area contributed by atoms with Gasteiger partial charge in [0.15, 0.2) is 0 Å². The fourth-order valence-corrected chi connectivity index (χ4v) is 4.21. The summed E-state index contributed by atoms with van der Waals surface area (Å²) in [6.07, 6.45) is 1.44.